The van der Waals surface area contributed by atoms with Crippen molar-refractivity contribution in [3.05, 3.63) is 59.0 Å². The summed E-state index contributed by atoms with van der Waals surface area (Å²) in [7, 11) is 0. The van der Waals surface area contributed by atoms with E-state index in [0.29, 0.717) is 16.5 Å². The number of aliphatic hydroxyl groups is 3. The molecule has 2 heterocycles. The van der Waals surface area contributed by atoms with Crippen molar-refractivity contribution in [3.63, 3.8) is 0 Å². The van der Waals surface area contributed by atoms with Crippen LogP contribution in [0.25, 0.3) is 22.1 Å². The zero-order valence-electron chi connectivity index (χ0n) is 15.4. The third kappa shape index (κ3) is 3.58. The summed E-state index contributed by atoms with van der Waals surface area (Å²) in [4.78, 5) is 12.8. The highest BCUT2D eigenvalue weighted by molar-refractivity contribution is 5.82. The van der Waals surface area contributed by atoms with E-state index in [1.807, 2.05) is 0 Å². The van der Waals surface area contributed by atoms with Crippen molar-refractivity contribution in [3.8, 4) is 22.6 Å². The molecule has 8 nitrogen and oxygen atoms in total. The lowest BCUT2D eigenvalue weighted by Crippen LogP contribution is -2.58. The van der Waals surface area contributed by atoms with Crippen molar-refractivity contribution in [2.75, 3.05) is 0 Å². The fraction of sp³-hybridized carbons (Fsp3) is 0.286. The largest absolute Gasteiger partial charge is 0.508 e. The van der Waals surface area contributed by atoms with Crippen LogP contribution in [0.2, 0.25) is 0 Å². The lowest BCUT2D eigenvalue weighted by Gasteiger charge is -2.38. The van der Waals surface area contributed by atoms with Gasteiger partial charge < -0.3 is 34.3 Å². The topological polar surface area (TPSA) is 130 Å². The predicted octanol–water partition coefficient (Wildman–Crippen LogP) is 1.37. The zero-order valence-corrected chi connectivity index (χ0v) is 15.4. The summed E-state index contributed by atoms with van der Waals surface area (Å²) in [5, 5.41) is 39.5. The quantitative estimate of drug-likeness (QED) is 0.519. The van der Waals surface area contributed by atoms with Crippen molar-refractivity contribution in [2.45, 2.75) is 37.6 Å². The van der Waals surface area contributed by atoms with Crippen LogP contribution in [0.15, 0.2) is 57.9 Å². The van der Waals surface area contributed by atoms with Crippen LogP contribution < -0.4 is 10.2 Å². The first-order valence-corrected chi connectivity index (χ1v) is 9.06. The molecule has 2 aromatic carbocycles. The highest BCUT2D eigenvalue weighted by atomic mass is 16.7. The van der Waals surface area contributed by atoms with E-state index in [1.165, 1.54) is 36.6 Å². The second kappa shape index (κ2) is 7.49. The Balaban J connectivity index is 1.63. The Morgan fingerprint density at radius 2 is 1.69 bits per heavy atom. The second-order valence-corrected chi connectivity index (χ2v) is 6.98. The van der Waals surface area contributed by atoms with Gasteiger partial charge in [0.25, 0.3) is 0 Å². The molecule has 0 aliphatic carbocycles. The molecule has 4 N–H and O–H groups in total. The number of hydrogen-bond acceptors (Lipinski definition) is 8. The Bertz CT molecular complexity index is 1070. The minimum absolute atomic E-state index is 0.0970. The third-order valence-corrected chi connectivity index (χ3v) is 4.99. The van der Waals surface area contributed by atoms with Gasteiger partial charge in [-0.1, -0.05) is 12.1 Å². The summed E-state index contributed by atoms with van der Waals surface area (Å²) in [5.41, 5.74) is 0.987. The fourth-order valence-corrected chi connectivity index (χ4v) is 3.27. The van der Waals surface area contributed by atoms with Gasteiger partial charge in [-0.15, -0.1) is 0 Å². The Kier molecular flexibility index (Phi) is 5.01. The molecule has 0 amide bonds. The van der Waals surface area contributed by atoms with E-state index in [9.17, 15) is 25.2 Å². The molecule has 1 aromatic heterocycles. The number of hydrogen-bond donors (Lipinski definition) is 4. The van der Waals surface area contributed by atoms with Crippen molar-refractivity contribution in [1.82, 2.24) is 0 Å². The van der Waals surface area contributed by atoms with Gasteiger partial charge in [0, 0.05) is 6.07 Å². The van der Waals surface area contributed by atoms with Crippen LogP contribution in [0, 0.1) is 0 Å². The molecule has 0 bridgehead atoms. The molecule has 152 valence electrons. The predicted molar refractivity (Wildman–Crippen MR) is 103 cm³/mol. The summed E-state index contributed by atoms with van der Waals surface area (Å²) in [6.07, 6.45) is -4.67. The van der Waals surface area contributed by atoms with Gasteiger partial charge in [-0.05, 0) is 36.8 Å². The van der Waals surface area contributed by atoms with Gasteiger partial charge in [-0.3, -0.25) is 4.79 Å². The van der Waals surface area contributed by atoms with Crippen LogP contribution in [-0.2, 0) is 4.74 Å². The number of phenolic OH excluding ortho intramolecular Hbond substituents is 1. The Morgan fingerprint density at radius 1 is 0.966 bits per heavy atom. The zero-order chi connectivity index (χ0) is 20.7. The van der Waals surface area contributed by atoms with Crippen molar-refractivity contribution < 1.29 is 34.3 Å². The van der Waals surface area contributed by atoms with E-state index in [1.54, 1.807) is 19.1 Å². The molecule has 0 radical (unpaired) electrons. The molecular formula is C21H20O8. The summed E-state index contributed by atoms with van der Waals surface area (Å²) in [5.74, 6) is 0.359. The van der Waals surface area contributed by atoms with Gasteiger partial charge in [-0.2, -0.15) is 0 Å². The van der Waals surface area contributed by atoms with Crippen molar-refractivity contribution >= 4 is 11.0 Å². The molecule has 1 aliphatic rings. The van der Waals surface area contributed by atoms with Gasteiger partial charge in [-0.25, -0.2) is 0 Å². The SMILES string of the molecule is C[C@H]1O[C@@H](Oc2ccc3c(=O)c(-c4ccc(O)cc4)coc3c2)[C@H](O)[C@H](O)[C@H]1O. The number of fused-ring (bicyclic) bond motifs is 1. The average molecular weight is 400 g/mol. The molecule has 4 rings (SSSR count). The number of rotatable bonds is 3. The van der Waals surface area contributed by atoms with E-state index in [0.717, 1.165) is 0 Å². The van der Waals surface area contributed by atoms with Gasteiger partial charge in [0.2, 0.25) is 6.29 Å². The van der Waals surface area contributed by atoms with Crippen molar-refractivity contribution in [2.24, 2.45) is 0 Å². The highest BCUT2D eigenvalue weighted by Crippen LogP contribution is 2.27. The summed E-state index contributed by atoms with van der Waals surface area (Å²) < 4.78 is 16.6. The standard InChI is InChI=1S/C21H20O8/c1-10-17(23)19(25)20(26)21(28-10)29-13-6-7-14-16(8-13)27-9-15(18(14)24)11-2-4-12(22)5-3-11/h2-10,17,19-23,25-26H,1H3/t10-,17+,19-,20-,21+/m1/s1. The molecular weight excluding hydrogens is 380 g/mol. The normalized spacial score (nSPS) is 27.1. The van der Waals surface area contributed by atoms with E-state index >= 15 is 0 Å². The number of benzene rings is 2. The number of aromatic hydroxyl groups is 1. The van der Waals surface area contributed by atoms with Crippen LogP contribution in [0.1, 0.15) is 6.92 Å². The highest BCUT2D eigenvalue weighted by Gasteiger charge is 2.43. The lowest BCUT2D eigenvalue weighted by atomic mass is 10.00. The first-order valence-electron chi connectivity index (χ1n) is 9.06. The minimum Gasteiger partial charge on any atom is -0.508 e. The molecule has 3 aromatic rings. The van der Waals surface area contributed by atoms with E-state index in [2.05, 4.69) is 0 Å². The van der Waals surface area contributed by atoms with E-state index < -0.39 is 30.7 Å². The summed E-state index contributed by atoms with van der Waals surface area (Å²) in [6.45, 7) is 1.56. The van der Waals surface area contributed by atoms with Gasteiger partial charge in [0.1, 0.15) is 41.7 Å². The maximum atomic E-state index is 12.8. The van der Waals surface area contributed by atoms with Crippen LogP contribution in [0.3, 0.4) is 0 Å². The summed E-state index contributed by atoms with van der Waals surface area (Å²) in [6, 6.07) is 10.7. The monoisotopic (exact) mass is 400 g/mol. The molecule has 0 saturated carbocycles. The minimum atomic E-state index is -1.44. The second-order valence-electron chi connectivity index (χ2n) is 6.98. The summed E-state index contributed by atoms with van der Waals surface area (Å²) >= 11 is 0. The molecule has 29 heavy (non-hydrogen) atoms. The Hall–Kier alpha value is -2.91. The van der Waals surface area contributed by atoms with Crippen LogP contribution in [0.5, 0.6) is 11.5 Å². The van der Waals surface area contributed by atoms with Gasteiger partial charge in [0.05, 0.1) is 17.1 Å². The average Bonchev–Trinajstić information content (AvgIpc) is 2.71. The van der Waals surface area contributed by atoms with Gasteiger partial charge in [0.15, 0.2) is 5.43 Å². The number of ether oxygens (including phenoxy) is 2. The maximum Gasteiger partial charge on any atom is 0.229 e. The number of phenols is 1. The molecule has 1 fully saturated rings. The molecule has 8 heteroatoms. The molecule has 0 spiro atoms. The van der Waals surface area contributed by atoms with Crippen molar-refractivity contribution in [1.29, 1.82) is 0 Å². The van der Waals surface area contributed by atoms with E-state index in [-0.39, 0.29) is 22.5 Å². The Morgan fingerprint density at radius 3 is 2.41 bits per heavy atom. The maximum absolute atomic E-state index is 12.8. The van der Waals surface area contributed by atoms with Crippen LogP contribution in [0.4, 0.5) is 0 Å². The first-order chi connectivity index (χ1) is 13.8. The molecule has 1 aliphatic heterocycles. The fourth-order valence-electron chi connectivity index (χ4n) is 3.27. The van der Waals surface area contributed by atoms with Crippen LogP contribution >= 0.6 is 0 Å². The molecule has 0 unspecified atom stereocenters. The number of aliphatic hydroxyl groups excluding tert-OH is 3. The molecule has 5 atom stereocenters. The third-order valence-electron chi connectivity index (χ3n) is 4.99. The Labute approximate surface area is 165 Å². The van der Waals surface area contributed by atoms with Crippen LogP contribution in [-0.4, -0.2) is 51.1 Å². The smallest absolute Gasteiger partial charge is 0.229 e. The first kappa shape index (κ1) is 19.4. The molecule has 1 saturated heterocycles. The van der Waals surface area contributed by atoms with Gasteiger partial charge >= 0.3 is 0 Å². The lowest BCUT2D eigenvalue weighted by molar-refractivity contribution is -0.268. The van der Waals surface area contributed by atoms with E-state index in [4.69, 9.17) is 13.9 Å².